The minimum Gasteiger partial charge on any atom is -0.393 e. The van der Waals surface area contributed by atoms with E-state index < -0.39 is 4.92 Å². The number of nitro benzene ring substituents is 1. The van der Waals surface area contributed by atoms with Crippen molar-refractivity contribution < 1.29 is 4.92 Å². The molecule has 2 aromatic carbocycles. The van der Waals surface area contributed by atoms with Crippen molar-refractivity contribution in [2.75, 3.05) is 11.1 Å². The third-order valence-electron chi connectivity index (χ3n) is 3.30. The number of nitrogens with zero attached hydrogens (tertiary/aromatic N) is 1. The fourth-order valence-electron chi connectivity index (χ4n) is 2.16. The van der Waals surface area contributed by atoms with Crippen LogP contribution in [-0.2, 0) is 6.42 Å². The van der Waals surface area contributed by atoms with Crippen molar-refractivity contribution in [2.45, 2.75) is 26.2 Å². The van der Waals surface area contributed by atoms with Gasteiger partial charge in [-0.15, -0.1) is 0 Å². The number of para-hydroxylation sites is 1. The number of hydrogen-bond donors (Lipinski definition) is 2. The molecule has 0 saturated heterocycles. The number of aryl methyl sites for hydroxylation is 1. The Morgan fingerprint density at radius 1 is 1.19 bits per heavy atom. The van der Waals surface area contributed by atoms with Crippen LogP contribution in [0.2, 0.25) is 0 Å². The number of nitrogen functional groups attached to an aromatic ring is 1. The molecule has 0 aliphatic heterocycles. The Morgan fingerprint density at radius 3 is 2.52 bits per heavy atom. The molecule has 21 heavy (non-hydrogen) atoms. The van der Waals surface area contributed by atoms with Crippen molar-refractivity contribution in [1.29, 1.82) is 0 Å². The van der Waals surface area contributed by atoms with Crippen molar-refractivity contribution >= 4 is 22.7 Å². The highest BCUT2D eigenvalue weighted by molar-refractivity contribution is 5.78. The Labute approximate surface area is 123 Å². The highest BCUT2D eigenvalue weighted by atomic mass is 16.6. The van der Waals surface area contributed by atoms with Crippen LogP contribution >= 0.6 is 0 Å². The Hall–Kier alpha value is -2.56. The number of anilines is 3. The zero-order valence-electron chi connectivity index (χ0n) is 12.0. The SMILES string of the molecule is CCCCc1ccc(Nc2cccc(N)c2[N+](=O)[O-])cc1. The number of nitrogens with two attached hydrogens (primary N) is 1. The van der Waals surface area contributed by atoms with E-state index in [2.05, 4.69) is 12.2 Å². The molecule has 0 spiro atoms. The molecule has 0 fully saturated rings. The average Bonchev–Trinajstić information content (AvgIpc) is 2.46. The summed E-state index contributed by atoms with van der Waals surface area (Å²) in [5, 5.41) is 14.1. The highest BCUT2D eigenvalue weighted by Crippen LogP contribution is 2.32. The standard InChI is InChI=1S/C16H19N3O2/c1-2-3-5-12-8-10-13(11-9-12)18-15-7-4-6-14(17)16(15)19(20)21/h4,6-11,18H,2-3,5,17H2,1H3. The maximum absolute atomic E-state index is 11.1. The van der Waals surface area contributed by atoms with Gasteiger partial charge in [0, 0.05) is 5.69 Å². The van der Waals surface area contributed by atoms with Gasteiger partial charge in [-0.1, -0.05) is 31.5 Å². The molecule has 0 unspecified atom stereocenters. The Bertz CT molecular complexity index is 624. The number of nitrogens with one attached hydrogen (secondary N) is 1. The second-order valence-electron chi connectivity index (χ2n) is 4.93. The molecular formula is C16H19N3O2. The fraction of sp³-hybridized carbons (Fsp3) is 0.250. The molecule has 0 bridgehead atoms. The van der Waals surface area contributed by atoms with Crippen LogP contribution in [0.15, 0.2) is 42.5 Å². The van der Waals surface area contributed by atoms with Gasteiger partial charge in [0.25, 0.3) is 0 Å². The number of benzene rings is 2. The van der Waals surface area contributed by atoms with Crippen LogP contribution in [0.25, 0.3) is 0 Å². The monoisotopic (exact) mass is 285 g/mol. The van der Waals surface area contributed by atoms with Gasteiger partial charge < -0.3 is 11.1 Å². The second kappa shape index (κ2) is 6.74. The summed E-state index contributed by atoms with van der Waals surface area (Å²) >= 11 is 0. The summed E-state index contributed by atoms with van der Waals surface area (Å²) < 4.78 is 0. The first kappa shape index (κ1) is 14.8. The molecule has 2 aromatic rings. The Balaban J connectivity index is 2.19. The minimum atomic E-state index is -0.465. The third-order valence-corrected chi connectivity index (χ3v) is 3.30. The van der Waals surface area contributed by atoms with Gasteiger partial charge >= 0.3 is 5.69 Å². The lowest BCUT2D eigenvalue weighted by Crippen LogP contribution is -2.01. The first-order valence-corrected chi connectivity index (χ1v) is 7.00. The van der Waals surface area contributed by atoms with E-state index in [0.29, 0.717) is 5.69 Å². The van der Waals surface area contributed by atoms with E-state index in [1.54, 1.807) is 12.1 Å². The minimum absolute atomic E-state index is 0.0902. The maximum Gasteiger partial charge on any atom is 0.315 e. The number of unbranched alkanes of at least 4 members (excludes halogenated alkanes) is 1. The van der Waals surface area contributed by atoms with Crippen LogP contribution in [0, 0.1) is 10.1 Å². The van der Waals surface area contributed by atoms with E-state index in [0.717, 1.165) is 24.9 Å². The molecule has 110 valence electrons. The summed E-state index contributed by atoms with van der Waals surface area (Å²) in [4.78, 5) is 10.6. The predicted octanol–water partition coefficient (Wildman–Crippen LogP) is 4.26. The van der Waals surface area contributed by atoms with Gasteiger partial charge in [-0.25, -0.2) is 0 Å². The van der Waals surface area contributed by atoms with E-state index in [9.17, 15) is 10.1 Å². The molecule has 0 aliphatic carbocycles. The van der Waals surface area contributed by atoms with E-state index in [1.165, 1.54) is 11.6 Å². The van der Waals surface area contributed by atoms with Crippen LogP contribution in [-0.4, -0.2) is 4.92 Å². The van der Waals surface area contributed by atoms with Gasteiger partial charge in [-0.05, 0) is 42.7 Å². The lowest BCUT2D eigenvalue weighted by atomic mass is 10.1. The van der Waals surface area contributed by atoms with Gasteiger partial charge in [0.2, 0.25) is 0 Å². The zero-order chi connectivity index (χ0) is 15.2. The van der Waals surface area contributed by atoms with E-state index in [4.69, 9.17) is 5.73 Å². The number of rotatable bonds is 6. The molecular weight excluding hydrogens is 266 g/mol. The zero-order valence-corrected chi connectivity index (χ0v) is 12.0. The summed E-state index contributed by atoms with van der Waals surface area (Å²) in [6, 6.07) is 12.8. The number of hydrogen-bond acceptors (Lipinski definition) is 4. The average molecular weight is 285 g/mol. The summed E-state index contributed by atoms with van der Waals surface area (Å²) in [7, 11) is 0. The van der Waals surface area contributed by atoms with Gasteiger partial charge in [-0.3, -0.25) is 10.1 Å². The van der Waals surface area contributed by atoms with Gasteiger partial charge in [0.15, 0.2) is 0 Å². The van der Waals surface area contributed by atoms with E-state index in [-0.39, 0.29) is 11.4 Å². The largest absolute Gasteiger partial charge is 0.393 e. The molecule has 0 aromatic heterocycles. The summed E-state index contributed by atoms with van der Waals surface area (Å²) in [6.07, 6.45) is 3.37. The van der Waals surface area contributed by atoms with Crippen LogP contribution in [0.4, 0.5) is 22.7 Å². The van der Waals surface area contributed by atoms with Crippen molar-refractivity contribution in [3.8, 4) is 0 Å². The molecule has 0 radical (unpaired) electrons. The van der Waals surface area contributed by atoms with Crippen molar-refractivity contribution in [2.24, 2.45) is 0 Å². The third kappa shape index (κ3) is 3.72. The predicted molar refractivity (Wildman–Crippen MR) is 85.8 cm³/mol. The smallest absolute Gasteiger partial charge is 0.315 e. The van der Waals surface area contributed by atoms with Crippen LogP contribution in [0.5, 0.6) is 0 Å². The first-order valence-electron chi connectivity index (χ1n) is 7.00. The van der Waals surface area contributed by atoms with Crippen LogP contribution in [0.1, 0.15) is 25.3 Å². The Kier molecular flexibility index (Phi) is 4.77. The number of nitro groups is 1. The molecule has 3 N–H and O–H groups in total. The fourth-order valence-corrected chi connectivity index (χ4v) is 2.16. The topological polar surface area (TPSA) is 81.2 Å². The molecule has 0 aliphatic rings. The molecule has 0 atom stereocenters. The van der Waals surface area contributed by atoms with Crippen molar-refractivity contribution in [1.82, 2.24) is 0 Å². The molecule has 0 heterocycles. The summed E-state index contributed by atoms with van der Waals surface area (Å²) in [5.41, 5.74) is 8.22. The maximum atomic E-state index is 11.1. The van der Waals surface area contributed by atoms with Gasteiger partial charge in [0.1, 0.15) is 11.4 Å². The second-order valence-corrected chi connectivity index (χ2v) is 4.93. The van der Waals surface area contributed by atoms with Crippen molar-refractivity contribution in [3.63, 3.8) is 0 Å². The molecule has 0 saturated carbocycles. The van der Waals surface area contributed by atoms with Gasteiger partial charge in [0.05, 0.1) is 4.92 Å². The van der Waals surface area contributed by atoms with E-state index >= 15 is 0 Å². The van der Waals surface area contributed by atoms with E-state index in [1.807, 2.05) is 24.3 Å². The normalized spacial score (nSPS) is 10.3. The lowest BCUT2D eigenvalue weighted by molar-refractivity contribution is -0.383. The molecule has 5 heteroatoms. The quantitative estimate of drug-likeness (QED) is 0.472. The Morgan fingerprint density at radius 2 is 1.90 bits per heavy atom. The molecule has 2 rings (SSSR count). The van der Waals surface area contributed by atoms with Crippen LogP contribution < -0.4 is 11.1 Å². The summed E-state index contributed by atoms with van der Waals surface area (Å²) in [6.45, 7) is 2.16. The summed E-state index contributed by atoms with van der Waals surface area (Å²) in [5.74, 6) is 0. The first-order chi connectivity index (χ1) is 10.1. The van der Waals surface area contributed by atoms with Crippen LogP contribution in [0.3, 0.4) is 0 Å². The lowest BCUT2D eigenvalue weighted by Gasteiger charge is -2.09. The van der Waals surface area contributed by atoms with Crippen molar-refractivity contribution in [3.05, 3.63) is 58.1 Å². The molecule has 0 amide bonds. The molecule has 5 nitrogen and oxygen atoms in total. The highest BCUT2D eigenvalue weighted by Gasteiger charge is 2.17. The van der Waals surface area contributed by atoms with Gasteiger partial charge in [-0.2, -0.15) is 0 Å².